The summed E-state index contributed by atoms with van der Waals surface area (Å²) in [6, 6.07) is 3.96. The lowest BCUT2D eigenvalue weighted by molar-refractivity contribution is -0.116. The zero-order valence-corrected chi connectivity index (χ0v) is 11.3. The molecule has 4 heteroatoms. The van der Waals surface area contributed by atoms with Crippen LogP contribution in [0, 0.1) is 11.8 Å². The van der Waals surface area contributed by atoms with Gasteiger partial charge in [0, 0.05) is 18.7 Å². The van der Waals surface area contributed by atoms with Crippen LogP contribution in [0.15, 0.2) is 12.1 Å². The molecule has 1 unspecified atom stereocenters. The van der Waals surface area contributed by atoms with Gasteiger partial charge in [0.2, 0.25) is 5.91 Å². The number of hydrogen-bond donors (Lipinski definition) is 3. The molecule has 1 heterocycles. The van der Waals surface area contributed by atoms with Crippen molar-refractivity contribution in [3.05, 3.63) is 17.7 Å². The summed E-state index contributed by atoms with van der Waals surface area (Å²) in [6.07, 6.45) is 4.05. The van der Waals surface area contributed by atoms with E-state index in [2.05, 4.69) is 17.6 Å². The van der Waals surface area contributed by atoms with Gasteiger partial charge in [0.05, 0.1) is 11.4 Å². The van der Waals surface area contributed by atoms with E-state index >= 15 is 0 Å². The molecule has 3 rings (SSSR count). The highest BCUT2D eigenvalue weighted by Gasteiger charge is 2.27. The van der Waals surface area contributed by atoms with Crippen molar-refractivity contribution in [1.82, 2.24) is 0 Å². The van der Waals surface area contributed by atoms with Gasteiger partial charge in [0.15, 0.2) is 0 Å². The molecule has 0 saturated heterocycles. The van der Waals surface area contributed by atoms with Crippen LogP contribution >= 0.6 is 0 Å². The zero-order chi connectivity index (χ0) is 13.4. The molecule has 1 fully saturated rings. The number of carbonyl (C=O) groups excluding carboxylic acids is 1. The number of hydrogen-bond acceptors (Lipinski definition) is 3. The van der Waals surface area contributed by atoms with E-state index in [0.29, 0.717) is 12.3 Å². The molecule has 4 nitrogen and oxygen atoms in total. The van der Waals surface area contributed by atoms with Gasteiger partial charge in [-0.3, -0.25) is 4.79 Å². The molecule has 1 aromatic rings. The summed E-state index contributed by atoms with van der Waals surface area (Å²) in [5.41, 5.74) is 9.84. The van der Waals surface area contributed by atoms with E-state index in [0.717, 1.165) is 41.5 Å². The van der Waals surface area contributed by atoms with E-state index in [9.17, 15) is 4.79 Å². The number of benzene rings is 1. The van der Waals surface area contributed by atoms with Crippen LogP contribution in [0.1, 0.15) is 31.7 Å². The number of carbonyl (C=O) groups is 1. The van der Waals surface area contributed by atoms with E-state index in [1.165, 1.54) is 12.8 Å². The molecule has 1 aliphatic carbocycles. The molecule has 0 aromatic heterocycles. The Morgan fingerprint density at radius 2 is 2.21 bits per heavy atom. The van der Waals surface area contributed by atoms with Crippen molar-refractivity contribution in [1.29, 1.82) is 0 Å². The molecule has 1 aromatic carbocycles. The standard InChI is InChI=1S/C15H21N3O/c1-9(10-2-3-10)8-17-14-7-13-11(6-12(14)16)4-5-15(19)18-13/h6-7,9-10,17H,2-5,8,16H2,1H3,(H,18,19). The molecule has 2 aliphatic rings. The molecule has 0 bridgehead atoms. The highest BCUT2D eigenvalue weighted by atomic mass is 16.1. The first kappa shape index (κ1) is 12.3. The lowest BCUT2D eigenvalue weighted by atomic mass is 10.0. The monoisotopic (exact) mass is 259 g/mol. The SMILES string of the molecule is CC(CNc1cc2c(cc1N)CCC(=O)N2)C1CC1. The van der Waals surface area contributed by atoms with Gasteiger partial charge in [0.1, 0.15) is 0 Å². The maximum absolute atomic E-state index is 11.4. The van der Waals surface area contributed by atoms with E-state index in [4.69, 9.17) is 5.73 Å². The van der Waals surface area contributed by atoms with E-state index in [1.807, 2.05) is 12.1 Å². The number of aryl methyl sites for hydroxylation is 1. The highest BCUT2D eigenvalue weighted by Crippen LogP contribution is 2.37. The smallest absolute Gasteiger partial charge is 0.224 e. The summed E-state index contributed by atoms with van der Waals surface area (Å²) in [5.74, 6) is 1.66. The van der Waals surface area contributed by atoms with Crippen molar-refractivity contribution in [2.24, 2.45) is 11.8 Å². The predicted molar refractivity (Wildman–Crippen MR) is 78.2 cm³/mol. The third kappa shape index (κ3) is 2.67. The number of fused-ring (bicyclic) bond motifs is 1. The Hall–Kier alpha value is -1.71. The van der Waals surface area contributed by atoms with Crippen LogP contribution in [0.25, 0.3) is 0 Å². The number of amides is 1. The Morgan fingerprint density at radius 1 is 1.42 bits per heavy atom. The average Bonchev–Trinajstić information content (AvgIpc) is 3.20. The Kier molecular flexibility index (Phi) is 3.09. The van der Waals surface area contributed by atoms with Crippen molar-refractivity contribution in [2.75, 3.05) is 22.9 Å². The normalized spacial score (nSPS) is 19.5. The van der Waals surface area contributed by atoms with E-state index < -0.39 is 0 Å². The number of anilines is 3. The van der Waals surface area contributed by atoms with Crippen molar-refractivity contribution < 1.29 is 4.79 Å². The maximum atomic E-state index is 11.4. The summed E-state index contributed by atoms with van der Waals surface area (Å²) < 4.78 is 0. The van der Waals surface area contributed by atoms with Gasteiger partial charge < -0.3 is 16.4 Å². The van der Waals surface area contributed by atoms with Crippen LogP contribution in [-0.2, 0) is 11.2 Å². The first-order valence-electron chi connectivity index (χ1n) is 7.09. The molecule has 4 N–H and O–H groups in total. The fourth-order valence-corrected chi connectivity index (χ4v) is 2.70. The highest BCUT2D eigenvalue weighted by molar-refractivity contribution is 5.95. The molecule has 1 amide bonds. The van der Waals surface area contributed by atoms with Crippen LogP contribution in [0.4, 0.5) is 17.1 Å². The first-order valence-corrected chi connectivity index (χ1v) is 7.09. The van der Waals surface area contributed by atoms with Crippen LogP contribution in [0.5, 0.6) is 0 Å². The molecule has 0 spiro atoms. The van der Waals surface area contributed by atoms with Gasteiger partial charge in [-0.05, 0) is 48.8 Å². The minimum atomic E-state index is 0.0922. The second kappa shape index (κ2) is 4.76. The number of nitrogens with two attached hydrogens (primary N) is 1. The van der Waals surface area contributed by atoms with Crippen molar-refractivity contribution in [3.8, 4) is 0 Å². The second-order valence-electron chi connectivity index (χ2n) is 5.84. The zero-order valence-electron chi connectivity index (χ0n) is 11.3. The predicted octanol–water partition coefficient (Wildman–Crippen LogP) is 2.61. The van der Waals surface area contributed by atoms with Crippen LogP contribution in [-0.4, -0.2) is 12.5 Å². The third-order valence-corrected chi connectivity index (χ3v) is 4.21. The first-order chi connectivity index (χ1) is 9.13. The summed E-state index contributed by atoms with van der Waals surface area (Å²) in [4.78, 5) is 11.4. The minimum Gasteiger partial charge on any atom is -0.397 e. The van der Waals surface area contributed by atoms with Crippen molar-refractivity contribution >= 4 is 23.0 Å². The van der Waals surface area contributed by atoms with Gasteiger partial charge >= 0.3 is 0 Å². The number of rotatable bonds is 4. The van der Waals surface area contributed by atoms with Gasteiger partial charge in [-0.15, -0.1) is 0 Å². The van der Waals surface area contributed by atoms with Crippen molar-refractivity contribution in [2.45, 2.75) is 32.6 Å². The molecule has 1 aliphatic heterocycles. The Balaban J connectivity index is 1.73. The van der Waals surface area contributed by atoms with E-state index in [1.54, 1.807) is 0 Å². The Labute approximate surface area is 113 Å². The molecule has 0 radical (unpaired) electrons. The summed E-state index contributed by atoms with van der Waals surface area (Å²) in [7, 11) is 0. The fourth-order valence-electron chi connectivity index (χ4n) is 2.70. The molecular formula is C15H21N3O. The fraction of sp³-hybridized carbons (Fsp3) is 0.533. The molecular weight excluding hydrogens is 238 g/mol. The molecule has 102 valence electrons. The Morgan fingerprint density at radius 3 is 2.95 bits per heavy atom. The van der Waals surface area contributed by atoms with Crippen LogP contribution in [0.2, 0.25) is 0 Å². The quantitative estimate of drug-likeness (QED) is 0.728. The molecule has 1 atom stereocenters. The Bertz CT molecular complexity index is 508. The van der Waals surface area contributed by atoms with Gasteiger partial charge in [0.25, 0.3) is 0 Å². The topological polar surface area (TPSA) is 67.1 Å². The lowest BCUT2D eigenvalue weighted by Crippen LogP contribution is -2.20. The van der Waals surface area contributed by atoms with Crippen LogP contribution in [0.3, 0.4) is 0 Å². The van der Waals surface area contributed by atoms with Gasteiger partial charge in [-0.2, -0.15) is 0 Å². The van der Waals surface area contributed by atoms with Gasteiger partial charge in [-0.25, -0.2) is 0 Å². The second-order valence-corrected chi connectivity index (χ2v) is 5.84. The summed E-state index contributed by atoms with van der Waals surface area (Å²) in [6.45, 7) is 3.22. The van der Waals surface area contributed by atoms with E-state index in [-0.39, 0.29) is 5.91 Å². The molecule has 19 heavy (non-hydrogen) atoms. The minimum absolute atomic E-state index is 0.0922. The van der Waals surface area contributed by atoms with Gasteiger partial charge in [-0.1, -0.05) is 6.92 Å². The summed E-state index contributed by atoms with van der Waals surface area (Å²) in [5, 5.41) is 6.34. The van der Waals surface area contributed by atoms with Crippen molar-refractivity contribution in [3.63, 3.8) is 0 Å². The largest absolute Gasteiger partial charge is 0.397 e. The number of nitrogens with one attached hydrogen (secondary N) is 2. The van der Waals surface area contributed by atoms with Crippen LogP contribution < -0.4 is 16.4 Å². The third-order valence-electron chi connectivity index (χ3n) is 4.21. The summed E-state index contributed by atoms with van der Waals surface area (Å²) >= 11 is 0. The average molecular weight is 259 g/mol. The number of nitrogen functional groups attached to an aromatic ring is 1. The maximum Gasteiger partial charge on any atom is 0.224 e. The molecule has 1 saturated carbocycles. The lowest BCUT2D eigenvalue weighted by Gasteiger charge is -2.20.